The normalized spacial score (nSPS) is 20.5. The zero-order valence-corrected chi connectivity index (χ0v) is 20.3. The van der Waals surface area contributed by atoms with Crippen LogP contribution in [-0.2, 0) is 4.79 Å². The molecule has 0 bridgehead atoms. The molecular formula is C27H38N4O. The maximum Gasteiger partial charge on any atom is 0.248 e. The first kappa shape index (κ1) is 24.0. The Hall–Kier alpha value is -2.66. The van der Waals surface area contributed by atoms with E-state index in [1.165, 1.54) is 5.56 Å². The molecular weight excluding hydrogens is 396 g/mol. The Morgan fingerprint density at radius 1 is 1.09 bits per heavy atom. The molecule has 2 unspecified atom stereocenters. The lowest BCUT2D eigenvalue weighted by Crippen LogP contribution is -2.58. The summed E-state index contributed by atoms with van der Waals surface area (Å²) in [5.74, 6) is 0.0614. The highest BCUT2D eigenvalue weighted by atomic mass is 16.2. The summed E-state index contributed by atoms with van der Waals surface area (Å²) in [6, 6.07) is 18.6. The number of rotatable bonds is 10. The number of benzene rings is 2. The topological polar surface area (TPSA) is 47.9 Å². The minimum absolute atomic E-state index is 0.0132. The molecule has 32 heavy (non-hydrogen) atoms. The van der Waals surface area contributed by atoms with Gasteiger partial charge in [0, 0.05) is 12.5 Å². The van der Waals surface area contributed by atoms with Gasteiger partial charge in [0.05, 0.1) is 11.4 Å². The highest BCUT2D eigenvalue weighted by molar-refractivity contribution is 6.10. The van der Waals surface area contributed by atoms with Crippen molar-refractivity contribution in [2.45, 2.75) is 52.0 Å². The van der Waals surface area contributed by atoms with Gasteiger partial charge in [0.2, 0.25) is 5.91 Å². The molecule has 0 saturated heterocycles. The van der Waals surface area contributed by atoms with Gasteiger partial charge in [-0.2, -0.15) is 5.10 Å². The van der Waals surface area contributed by atoms with Crippen LogP contribution in [0.4, 0.5) is 5.69 Å². The number of hydrogen-bond acceptors (Lipinski definition) is 4. The van der Waals surface area contributed by atoms with Crippen LogP contribution in [0, 0.1) is 12.8 Å². The first-order valence-electron chi connectivity index (χ1n) is 11.8. The van der Waals surface area contributed by atoms with Crippen molar-refractivity contribution in [3.63, 3.8) is 0 Å². The first-order chi connectivity index (χ1) is 15.4. The predicted molar refractivity (Wildman–Crippen MR) is 134 cm³/mol. The summed E-state index contributed by atoms with van der Waals surface area (Å²) in [6.45, 7) is 7.97. The second-order valence-electron chi connectivity index (χ2n) is 9.25. The third-order valence-corrected chi connectivity index (χ3v) is 6.38. The summed E-state index contributed by atoms with van der Waals surface area (Å²) in [5.41, 5.74) is 3.49. The average Bonchev–Trinajstić information content (AvgIpc) is 3.09. The molecule has 1 aliphatic heterocycles. The Labute approximate surface area is 193 Å². The lowest BCUT2D eigenvalue weighted by molar-refractivity contribution is -0.126. The second kappa shape index (κ2) is 10.8. The highest BCUT2D eigenvalue weighted by Crippen LogP contribution is 2.41. The van der Waals surface area contributed by atoms with E-state index in [2.05, 4.69) is 69.3 Å². The predicted octanol–water partition coefficient (Wildman–Crippen LogP) is 4.85. The third kappa shape index (κ3) is 5.21. The summed E-state index contributed by atoms with van der Waals surface area (Å²) in [6.07, 6.45) is 3.99. The van der Waals surface area contributed by atoms with Gasteiger partial charge in [0.15, 0.2) is 0 Å². The molecule has 3 rings (SSSR count). The molecule has 0 aromatic heterocycles. The van der Waals surface area contributed by atoms with Crippen molar-refractivity contribution in [1.29, 1.82) is 0 Å². The fourth-order valence-corrected chi connectivity index (χ4v) is 4.43. The fraction of sp³-hybridized carbons (Fsp3) is 0.481. The van der Waals surface area contributed by atoms with E-state index >= 15 is 0 Å². The van der Waals surface area contributed by atoms with Crippen molar-refractivity contribution < 1.29 is 4.79 Å². The van der Waals surface area contributed by atoms with E-state index < -0.39 is 5.54 Å². The third-order valence-electron chi connectivity index (χ3n) is 6.38. The summed E-state index contributed by atoms with van der Waals surface area (Å²) < 4.78 is 0. The lowest BCUT2D eigenvalue weighted by atomic mass is 9.77. The SMILES string of the molecule is CCCCC1C(c2ccc(C)cc2)=NN(c2ccccc2)C1(C)C(=O)NCCCN(C)C. The summed E-state index contributed by atoms with van der Waals surface area (Å²) >= 11 is 0. The van der Waals surface area contributed by atoms with Crippen molar-refractivity contribution in [2.24, 2.45) is 11.0 Å². The van der Waals surface area contributed by atoms with Crippen LogP contribution in [0.25, 0.3) is 0 Å². The number of nitrogens with zero attached hydrogens (tertiary/aromatic N) is 3. The van der Waals surface area contributed by atoms with E-state index in [0.717, 1.165) is 49.2 Å². The number of carbonyl (C=O) groups excluding carboxylic acids is 1. The molecule has 1 N–H and O–H groups in total. The number of hydrogen-bond donors (Lipinski definition) is 1. The fourth-order valence-electron chi connectivity index (χ4n) is 4.43. The Kier molecular flexibility index (Phi) is 8.08. The van der Waals surface area contributed by atoms with Gasteiger partial charge in [-0.3, -0.25) is 4.79 Å². The van der Waals surface area contributed by atoms with Gasteiger partial charge in [-0.15, -0.1) is 0 Å². The Bertz CT molecular complexity index is 907. The van der Waals surface area contributed by atoms with Gasteiger partial charge in [0.1, 0.15) is 5.54 Å². The minimum Gasteiger partial charge on any atom is -0.354 e. The van der Waals surface area contributed by atoms with Crippen molar-refractivity contribution in [3.05, 3.63) is 65.7 Å². The van der Waals surface area contributed by atoms with Crippen molar-refractivity contribution in [3.8, 4) is 0 Å². The Morgan fingerprint density at radius 3 is 2.41 bits per heavy atom. The van der Waals surface area contributed by atoms with Gasteiger partial charge >= 0.3 is 0 Å². The van der Waals surface area contributed by atoms with Gasteiger partial charge in [-0.05, 0) is 65.0 Å². The number of nitrogens with one attached hydrogen (secondary N) is 1. The molecule has 1 aliphatic rings. The van der Waals surface area contributed by atoms with Crippen LogP contribution in [0.5, 0.6) is 0 Å². The maximum absolute atomic E-state index is 13.8. The number of aryl methyl sites for hydroxylation is 1. The minimum atomic E-state index is -0.783. The molecule has 0 spiro atoms. The molecule has 0 aliphatic carbocycles. The monoisotopic (exact) mass is 434 g/mol. The second-order valence-corrected chi connectivity index (χ2v) is 9.25. The van der Waals surface area contributed by atoms with E-state index in [4.69, 9.17) is 5.10 Å². The van der Waals surface area contributed by atoms with Crippen LogP contribution in [0.2, 0.25) is 0 Å². The number of amides is 1. The van der Waals surface area contributed by atoms with E-state index in [9.17, 15) is 4.79 Å². The average molecular weight is 435 g/mol. The first-order valence-corrected chi connectivity index (χ1v) is 11.8. The van der Waals surface area contributed by atoms with Crippen molar-refractivity contribution in [1.82, 2.24) is 10.2 Å². The number of hydrazone groups is 1. The molecule has 172 valence electrons. The van der Waals surface area contributed by atoms with Gasteiger partial charge in [-0.25, -0.2) is 5.01 Å². The quantitative estimate of drug-likeness (QED) is 0.544. The molecule has 2 atom stereocenters. The molecule has 5 nitrogen and oxygen atoms in total. The number of para-hydroxylation sites is 1. The van der Waals surface area contributed by atoms with Crippen LogP contribution in [0.1, 0.15) is 50.7 Å². The number of anilines is 1. The smallest absolute Gasteiger partial charge is 0.248 e. The molecule has 0 radical (unpaired) electrons. The molecule has 2 aromatic rings. The van der Waals surface area contributed by atoms with Crippen molar-refractivity contribution >= 4 is 17.3 Å². The Morgan fingerprint density at radius 2 is 1.78 bits per heavy atom. The van der Waals surface area contributed by atoms with E-state index in [-0.39, 0.29) is 11.8 Å². The van der Waals surface area contributed by atoms with E-state index in [1.54, 1.807) is 0 Å². The number of unbranched alkanes of at least 4 members (excludes halogenated alkanes) is 1. The lowest BCUT2D eigenvalue weighted by Gasteiger charge is -2.37. The van der Waals surface area contributed by atoms with Crippen LogP contribution in [-0.4, -0.2) is 49.2 Å². The zero-order chi connectivity index (χ0) is 23.1. The van der Waals surface area contributed by atoms with Crippen molar-refractivity contribution in [2.75, 3.05) is 32.2 Å². The molecule has 1 heterocycles. The Balaban J connectivity index is 1.99. The molecule has 0 saturated carbocycles. The largest absolute Gasteiger partial charge is 0.354 e. The van der Waals surface area contributed by atoms with Gasteiger partial charge in [0.25, 0.3) is 0 Å². The summed E-state index contributed by atoms with van der Waals surface area (Å²) in [4.78, 5) is 15.9. The summed E-state index contributed by atoms with van der Waals surface area (Å²) in [5, 5.41) is 10.3. The summed E-state index contributed by atoms with van der Waals surface area (Å²) in [7, 11) is 4.11. The van der Waals surface area contributed by atoms with Crippen LogP contribution in [0.3, 0.4) is 0 Å². The number of carbonyl (C=O) groups is 1. The van der Waals surface area contributed by atoms with Gasteiger partial charge in [-0.1, -0.05) is 67.8 Å². The van der Waals surface area contributed by atoms with E-state index in [0.29, 0.717) is 6.54 Å². The van der Waals surface area contributed by atoms with Crippen LogP contribution >= 0.6 is 0 Å². The molecule has 0 fully saturated rings. The zero-order valence-electron chi connectivity index (χ0n) is 20.3. The standard InChI is InChI=1S/C27H38N4O/c1-6-7-14-24-25(22-17-15-21(2)16-18-22)29-31(23-12-9-8-10-13-23)27(24,3)26(32)28-19-11-20-30(4)5/h8-10,12-13,15-18,24H,6-7,11,14,19-20H2,1-5H3,(H,28,32). The molecule has 1 amide bonds. The highest BCUT2D eigenvalue weighted by Gasteiger charge is 2.53. The molecule has 5 heteroatoms. The van der Waals surface area contributed by atoms with Gasteiger partial charge < -0.3 is 10.2 Å². The van der Waals surface area contributed by atoms with Crippen LogP contribution < -0.4 is 10.3 Å². The maximum atomic E-state index is 13.8. The van der Waals surface area contributed by atoms with Crippen LogP contribution in [0.15, 0.2) is 59.7 Å². The molecule has 2 aromatic carbocycles. The van der Waals surface area contributed by atoms with E-state index in [1.807, 2.05) is 35.3 Å².